The molecule has 0 unspecified atom stereocenters. The number of halogens is 1. The molecular weight excluding hydrogens is 503 g/mol. The maximum atomic E-state index is 14.0. The second-order valence-corrected chi connectivity index (χ2v) is 10.1. The topological polar surface area (TPSA) is 82.2 Å². The van der Waals surface area contributed by atoms with Crippen molar-refractivity contribution in [2.75, 3.05) is 10.5 Å². The molecule has 2 heterocycles. The van der Waals surface area contributed by atoms with Crippen molar-refractivity contribution in [3.8, 4) is 28.6 Å². The molecule has 2 aromatic heterocycles. The van der Waals surface area contributed by atoms with E-state index in [-0.39, 0.29) is 11.2 Å². The van der Waals surface area contributed by atoms with Gasteiger partial charge in [-0.2, -0.15) is 0 Å². The van der Waals surface area contributed by atoms with E-state index in [4.69, 9.17) is 9.15 Å². The van der Waals surface area contributed by atoms with Gasteiger partial charge in [0.1, 0.15) is 11.6 Å². The molecule has 0 bridgehead atoms. The molecule has 38 heavy (non-hydrogen) atoms. The molecule has 0 atom stereocenters. The first-order chi connectivity index (χ1) is 18.2. The summed E-state index contributed by atoms with van der Waals surface area (Å²) < 4.78 is 31.3. The first-order valence-electron chi connectivity index (χ1n) is 12.2. The van der Waals surface area contributed by atoms with E-state index in [0.717, 1.165) is 17.1 Å². The molecule has 3 aromatic carbocycles. The van der Waals surface area contributed by atoms with Gasteiger partial charge in [-0.15, -0.1) is 10.2 Å². The van der Waals surface area contributed by atoms with Gasteiger partial charge in [-0.05, 0) is 80.4 Å². The van der Waals surface area contributed by atoms with E-state index < -0.39 is 0 Å². The number of fused-ring (bicyclic) bond motifs is 1. The van der Waals surface area contributed by atoms with Crippen molar-refractivity contribution < 1.29 is 13.5 Å². The summed E-state index contributed by atoms with van der Waals surface area (Å²) in [6.07, 6.45) is 1.81. The van der Waals surface area contributed by atoms with Crippen LogP contribution in [0.2, 0.25) is 0 Å². The van der Waals surface area contributed by atoms with Crippen molar-refractivity contribution in [1.82, 2.24) is 14.8 Å². The Kier molecular flexibility index (Phi) is 6.94. The fourth-order valence-corrected chi connectivity index (χ4v) is 4.83. The van der Waals surface area contributed by atoms with E-state index in [0.29, 0.717) is 56.4 Å². The largest absolute Gasteiger partial charge is 0.455 e. The van der Waals surface area contributed by atoms with E-state index in [2.05, 4.69) is 21.8 Å². The quantitative estimate of drug-likeness (QED) is 0.221. The normalized spacial score (nSPS) is 11.2. The van der Waals surface area contributed by atoms with Crippen LogP contribution in [-0.4, -0.2) is 20.5 Å². The molecule has 0 aliphatic carbocycles. The lowest BCUT2D eigenvalue weighted by Gasteiger charge is -2.20. The van der Waals surface area contributed by atoms with E-state index in [1.54, 1.807) is 31.9 Å². The number of nitrogens with one attached hydrogen (secondary N) is 1. The Labute approximate surface area is 223 Å². The standard InChI is InChI=1S/C29H27FN4O3S/c1-6-38-33-22-8-10-26(37-28-16(2)11-21(30)12-17(28)3)25(14-22)34-15-18(4)27(35)23-13-20(7-9-24(23)34)29-32-31-19(5)36-29/h7-15,33H,6H2,1-5H3. The molecule has 7 nitrogen and oxygen atoms in total. The van der Waals surface area contributed by atoms with Gasteiger partial charge in [-0.3, -0.25) is 4.79 Å². The van der Waals surface area contributed by atoms with Crippen LogP contribution in [-0.2, 0) is 0 Å². The van der Waals surface area contributed by atoms with E-state index in [1.807, 2.05) is 54.9 Å². The average Bonchev–Trinajstić information content (AvgIpc) is 3.33. The van der Waals surface area contributed by atoms with Gasteiger partial charge < -0.3 is 18.4 Å². The van der Waals surface area contributed by atoms with Crippen molar-refractivity contribution in [3.63, 3.8) is 0 Å². The number of rotatable bonds is 7. The van der Waals surface area contributed by atoms with Gasteiger partial charge in [0.05, 0.1) is 11.2 Å². The lowest BCUT2D eigenvalue weighted by Crippen LogP contribution is -2.12. The van der Waals surface area contributed by atoms with Gasteiger partial charge in [0, 0.05) is 41.1 Å². The fraction of sp³-hybridized carbons (Fsp3) is 0.207. The SMILES string of the molecule is CCSNc1ccc(Oc2c(C)cc(F)cc2C)c(-n2cc(C)c(=O)c3cc(-c4nnc(C)o4)ccc32)c1. The Balaban J connectivity index is 1.72. The highest BCUT2D eigenvalue weighted by atomic mass is 32.2. The molecule has 5 aromatic rings. The maximum Gasteiger partial charge on any atom is 0.247 e. The Bertz CT molecular complexity index is 1700. The second kappa shape index (κ2) is 10.3. The Hall–Kier alpha value is -4.11. The number of aromatic nitrogens is 3. The molecule has 194 valence electrons. The molecule has 0 amide bonds. The monoisotopic (exact) mass is 530 g/mol. The summed E-state index contributed by atoms with van der Waals surface area (Å²) in [6, 6.07) is 14.2. The third-order valence-electron chi connectivity index (χ3n) is 6.14. The number of hydrogen-bond acceptors (Lipinski definition) is 7. The van der Waals surface area contributed by atoms with Crippen molar-refractivity contribution in [1.29, 1.82) is 0 Å². The first kappa shape index (κ1) is 25.5. The van der Waals surface area contributed by atoms with Gasteiger partial charge in [-0.25, -0.2) is 4.39 Å². The highest BCUT2D eigenvalue weighted by Gasteiger charge is 2.17. The summed E-state index contributed by atoms with van der Waals surface area (Å²) in [5.41, 5.74) is 4.83. The zero-order valence-electron chi connectivity index (χ0n) is 21.8. The molecule has 0 radical (unpaired) electrons. The number of benzene rings is 3. The predicted octanol–water partition coefficient (Wildman–Crippen LogP) is 7.29. The van der Waals surface area contributed by atoms with Gasteiger partial charge in [0.25, 0.3) is 0 Å². The molecule has 5 rings (SSSR count). The molecule has 0 spiro atoms. The Morgan fingerprint density at radius 1 is 1.00 bits per heavy atom. The van der Waals surface area contributed by atoms with Crippen LogP contribution in [0.3, 0.4) is 0 Å². The maximum absolute atomic E-state index is 14.0. The summed E-state index contributed by atoms with van der Waals surface area (Å²) >= 11 is 1.58. The van der Waals surface area contributed by atoms with Crippen LogP contribution in [0.4, 0.5) is 10.1 Å². The number of ether oxygens (including phenoxy) is 1. The lowest BCUT2D eigenvalue weighted by atomic mass is 10.1. The van der Waals surface area contributed by atoms with Crippen LogP contribution >= 0.6 is 11.9 Å². The van der Waals surface area contributed by atoms with Crippen LogP contribution in [0.15, 0.2) is 63.9 Å². The molecule has 0 saturated heterocycles. The summed E-state index contributed by atoms with van der Waals surface area (Å²) in [4.78, 5) is 13.2. The summed E-state index contributed by atoms with van der Waals surface area (Å²) in [5.74, 6) is 2.54. The van der Waals surface area contributed by atoms with E-state index in [1.165, 1.54) is 12.1 Å². The average molecular weight is 531 g/mol. The number of anilines is 1. The lowest BCUT2D eigenvalue weighted by molar-refractivity contribution is 0.470. The third kappa shape index (κ3) is 4.89. The van der Waals surface area contributed by atoms with Crippen LogP contribution in [0.5, 0.6) is 11.5 Å². The summed E-state index contributed by atoms with van der Waals surface area (Å²) in [6.45, 7) is 9.21. The number of hydrogen-bond donors (Lipinski definition) is 1. The van der Waals surface area contributed by atoms with Crippen molar-refractivity contribution in [2.45, 2.75) is 34.6 Å². The minimum absolute atomic E-state index is 0.0853. The van der Waals surface area contributed by atoms with Crippen molar-refractivity contribution in [3.05, 3.63) is 93.3 Å². The van der Waals surface area contributed by atoms with Crippen LogP contribution < -0.4 is 14.9 Å². The first-order valence-corrected chi connectivity index (χ1v) is 13.2. The zero-order valence-corrected chi connectivity index (χ0v) is 22.6. The van der Waals surface area contributed by atoms with Gasteiger partial charge in [0.2, 0.25) is 11.8 Å². The molecule has 9 heteroatoms. The fourth-order valence-electron chi connectivity index (χ4n) is 4.39. The molecule has 0 fully saturated rings. The number of nitrogens with zero attached hydrogens (tertiary/aromatic N) is 3. The Morgan fingerprint density at radius 3 is 2.45 bits per heavy atom. The molecular formula is C29H27FN4O3S. The number of pyridine rings is 1. The molecule has 0 saturated carbocycles. The van der Waals surface area contributed by atoms with Crippen LogP contribution in [0, 0.1) is 33.5 Å². The van der Waals surface area contributed by atoms with Gasteiger partial charge in [0.15, 0.2) is 11.2 Å². The smallest absolute Gasteiger partial charge is 0.247 e. The zero-order chi connectivity index (χ0) is 27.0. The molecule has 1 N–H and O–H groups in total. The highest BCUT2D eigenvalue weighted by molar-refractivity contribution is 8.00. The highest BCUT2D eigenvalue weighted by Crippen LogP contribution is 2.36. The minimum atomic E-state index is -0.307. The van der Waals surface area contributed by atoms with Gasteiger partial charge in [-0.1, -0.05) is 18.9 Å². The third-order valence-corrected chi connectivity index (χ3v) is 6.81. The van der Waals surface area contributed by atoms with Gasteiger partial charge >= 0.3 is 0 Å². The Morgan fingerprint density at radius 2 is 1.76 bits per heavy atom. The van der Waals surface area contributed by atoms with E-state index >= 15 is 0 Å². The minimum Gasteiger partial charge on any atom is -0.455 e. The van der Waals surface area contributed by atoms with Crippen molar-refractivity contribution in [2.24, 2.45) is 0 Å². The predicted molar refractivity (Wildman–Crippen MR) is 150 cm³/mol. The van der Waals surface area contributed by atoms with Crippen LogP contribution in [0.1, 0.15) is 29.5 Å². The van der Waals surface area contributed by atoms with E-state index in [9.17, 15) is 9.18 Å². The summed E-state index contributed by atoms with van der Waals surface area (Å²) in [7, 11) is 0. The number of aryl methyl sites for hydroxylation is 4. The van der Waals surface area contributed by atoms with Crippen molar-refractivity contribution >= 4 is 28.5 Å². The van der Waals surface area contributed by atoms with Crippen LogP contribution in [0.25, 0.3) is 28.0 Å². The summed E-state index contributed by atoms with van der Waals surface area (Å²) in [5, 5.41) is 8.51. The molecule has 0 aliphatic rings. The second-order valence-electron chi connectivity index (χ2n) is 9.06. The molecule has 0 aliphatic heterocycles.